The minimum Gasteiger partial charge on any atom is -0.480 e. The molecule has 0 aromatic heterocycles. The van der Waals surface area contributed by atoms with Crippen molar-refractivity contribution in [3.63, 3.8) is 0 Å². The summed E-state index contributed by atoms with van der Waals surface area (Å²) in [5.41, 5.74) is 0. The van der Waals surface area contributed by atoms with Gasteiger partial charge < -0.3 is 20.1 Å². The molecule has 0 saturated carbocycles. The molecule has 1 atom stereocenters. The number of nitrogens with zero attached hydrogens (tertiary/aromatic N) is 1. The zero-order valence-electron chi connectivity index (χ0n) is 10.1. The van der Waals surface area contributed by atoms with Crippen LogP contribution in [0.1, 0.15) is 25.7 Å². The normalized spacial score (nSPS) is 17.6. The average molecular weight is 244 g/mol. The molecule has 6 heteroatoms. The second kappa shape index (κ2) is 7.11. The molecule has 1 aliphatic heterocycles. The third-order valence-electron chi connectivity index (χ3n) is 2.85. The highest BCUT2D eigenvalue weighted by atomic mass is 16.5. The molecule has 1 aliphatic rings. The highest BCUT2D eigenvalue weighted by Crippen LogP contribution is 2.09. The first-order valence-electron chi connectivity index (χ1n) is 5.92. The zero-order chi connectivity index (χ0) is 12.7. The Kier molecular flexibility index (Phi) is 5.76. The molecule has 98 valence electrons. The number of amides is 2. The molecule has 1 rings (SSSR count). The van der Waals surface area contributed by atoms with Crippen LogP contribution in [0.4, 0.5) is 4.79 Å². The van der Waals surface area contributed by atoms with Crippen LogP contribution in [0.3, 0.4) is 0 Å². The topological polar surface area (TPSA) is 78.9 Å². The van der Waals surface area contributed by atoms with Crippen molar-refractivity contribution in [3.05, 3.63) is 0 Å². The number of hydrogen-bond donors (Lipinski definition) is 2. The number of urea groups is 1. The highest BCUT2D eigenvalue weighted by molar-refractivity contribution is 5.82. The van der Waals surface area contributed by atoms with Crippen molar-refractivity contribution in [1.29, 1.82) is 0 Å². The van der Waals surface area contributed by atoms with E-state index in [2.05, 4.69) is 5.32 Å². The van der Waals surface area contributed by atoms with Crippen molar-refractivity contribution in [2.45, 2.75) is 31.7 Å². The van der Waals surface area contributed by atoms with Crippen LogP contribution in [-0.4, -0.2) is 54.9 Å². The molecule has 0 bridgehead atoms. The Morgan fingerprint density at radius 1 is 1.35 bits per heavy atom. The van der Waals surface area contributed by atoms with Gasteiger partial charge in [-0.15, -0.1) is 0 Å². The fourth-order valence-electron chi connectivity index (χ4n) is 1.83. The van der Waals surface area contributed by atoms with Crippen LogP contribution in [0.25, 0.3) is 0 Å². The number of carboxylic acid groups (broad SMARTS) is 1. The predicted octanol–water partition coefficient (Wildman–Crippen LogP) is 0.672. The van der Waals surface area contributed by atoms with Crippen molar-refractivity contribution < 1.29 is 19.4 Å². The quantitative estimate of drug-likeness (QED) is 0.745. The van der Waals surface area contributed by atoms with Gasteiger partial charge in [-0.1, -0.05) is 0 Å². The lowest BCUT2D eigenvalue weighted by atomic mass is 10.1. The molecule has 1 heterocycles. The van der Waals surface area contributed by atoms with E-state index in [9.17, 15) is 9.59 Å². The van der Waals surface area contributed by atoms with Gasteiger partial charge in [-0.05, 0) is 19.3 Å². The molecule has 0 radical (unpaired) electrons. The summed E-state index contributed by atoms with van der Waals surface area (Å²) in [6, 6.07) is -1.16. The van der Waals surface area contributed by atoms with Gasteiger partial charge in [-0.3, -0.25) is 0 Å². The third-order valence-corrected chi connectivity index (χ3v) is 2.85. The maximum absolute atomic E-state index is 11.8. The van der Waals surface area contributed by atoms with Crippen molar-refractivity contribution in [2.24, 2.45) is 0 Å². The largest absolute Gasteiger partial charge is 0.480 e. The Balaban J connectivity index is 2.42. The molecule has 0 spiro atoms. The number of likely N-dealkylation sites (tertiary alicyclic amines) is 1. The molecule has 1 unspecified atom stereocenters. The predicted molar refractivity (Wildman–Crippen MR) is 61.9 cm³/mol. The highest BCUT2D eigenvalue weighted by Gasteiger charge is 2.23. The molecule has 2 amide bonds. The van der Waals surface area contributed by atoms with Crippen molar-refractivity contribution in [2.75, 3.05) is 26.8 Å². The van der Waals surface area contributed by atoms with Crippen LogP contribution in [-0.2, 0) is 9.53 Å². The van der Waals surface area contributed by atoms with Gasteiger partial charge >= 0.3 is 12.0 Å². The van der Waals surface area contributed by atoms with Gasteiger partial charge in [0.1, 0.15) is 6.04 Å². The number of carboxylic acids is 1. The Morgan fingerprint density at radius 2 is 2.00 bits per heavy atom. The average Bonchev–Trinajstić information content (AvgIpc) is 2.35. The first-order valence-corrected chi connectivity index (χ1v) is 5.92. The minimum absolute atomic E-state index is 0.283. The Morgan fingerprint density at radius 3 is 2.53 bits per heavy atom. The number of carbonyl (C=O) groups is 2. The van der Waals surface area contributed by atoms with Gasteiger partial charge in [0, 0.05) is 33.2 Å². The van der Waals surface area contributed by atoms with Gasteiger partial charge in [0.15, 0.2) is 0 Å². The molecular weight excluding hydrogens is 224 g/mol. The van der Waals surface area contributed by atoms with Crippen LogP contribution in [0.2, 0.25) is 0 Å². The van der Waals surface area contributed by atoms with Crippen LogP contribution >= 0.6 is 0 Å². The summed E-state index contributed by atoms with van der Waals surface area (Å²) in [5, 5.41) is 11.5. The van der Waals surface area contributed by atoms with E-state index < -0.39 is 12.0 Å². The van der Waals surface area contributed by atoms with E-state index in [1.165, 1.54) is 7.11 Å². The number of methoxy groups -OCH3 is 1. The Labute approximate surface area is 101 Å². The standard InChI is InChI=1S/C11H20N2O4/c1-17-8-5-9(10(14)15)12-11(16)13-6-3-2-4-7-13/h9H,2-8H2,1H3,(H,12,16)(H,14,15). The Hall–Kier alpha value is -1.30. The number of ether oxygens (including phenoxy) is 1. The van der Waals surface area contributed by atoms with E-state index in [0.717, 1.165) is 19.3 Å². The van der Waals surface area contributed by atoms with E-state index in [4.69, 9.17) is 9.84 Å². The molecule has 0 aliphatic carbocycles. The molecule has 0 aromatic rings. The van der Waals surface area contributed by atoms with Crippen LogP contribution in [0.5, 0.6) is 0 Å². The number of nitrogens with one attached hydrogen (secondary N) is 1. The van der Waals surface area contributed by atoms with E-state index in [0.29, 0.717) is 19.7 Å². The fourth-order valence-corrected chi connectivity index (χ4v) is 1.83. The Bertz CT molecular complexity index is 264. The van der Waals surface area contributed by atoms with Crippen molar-refractivity contribution in [1.82, 2.24) is 10.2 Å². The monoisotopic (exact) mass is 244 g/mol. The van der Waals surface area contributed by atoms with Crippen LogP contribution in [0, 0.1) is 0 Å². The number of aliphatic carboxylic acids is 1. The van der Waals surface area contributed by atoms with Crippen molar-refractivity contribution in [3.8, 4) is 0 Å². The van der Waals surface area contributed by atoms with E-state index in [-0.39, 0.29) is 12.5 Å². The molecule has 17 heavy (non-hydrogen) atoms. The number of rotatable bonds is 5. The van der Waals surface area contributed by atoms with Gasteiger partial charge in [0.25, 0.3) is 0 Å². The van der Waals surface area contributed by atoms with Gasteiger partial charge in [-0.2, -0.15) is 0 Å². The van der Waals surface area contributed by atoms with Gasteiger partial charge in [0.05, 0.1) is 0 Å². The first-order chi connectivity index (χ1) is 8.15. The van der Waals surface area contributed by atoms with Gasteiger partial charge in [0.2, 0.25) is 0 Å². The zero-order valence-corrected chi connectivity index (χ0v) is 10.1. The second-order valence-electron chi connectivity index (χ2n) is 4.17. The maximum atomic E-state index is 11.8. The fraction of sp³-hybridized carbons (Fsp3) is 0.818. The third kappa shape index (κ3) is 4.60. The van der Waals surface area contributed by atoms with Crippen molar-refractivity contribution >= 4 is 12.0 Å². The molecular formula is C11H20N2O4. The van der Waals surface area contributed by atoms with Crippen LogP contribution in [0.15, 0.2) is 0 Å². The van der Waals surface area contributed by atoms with E-state index in [1.54, 1.807) is 4.90 Å². The number of carbonyl (C=O) groups excluding carboxylic acids is 1. The van der Waals surface area contributed by atoms with Gasteiger partial charge in [-0.25, -0.2) is 9.59 Å². The lowest BCUT2D eigenvalue weighted by Gasteiger charge is -2.28. The molecule has 0 aromatic carbocycles. The maximum Gasteiger partial charge on any atom is 0.326 e. The van der Waals surface area contributed by atoms with E-state index in [1.807, 2.05) is 0 Å². The summed E-state index contributed by atoms with van der Waals surface area (Å²) in [5.74, 6) is -1.02. The SMILES string of the molecule is COCCC(NC(=O)N1CCCCC1)C(=O)O. The minimum atomic E-state index is -1.02. The smallest absolute Gasteiger partial charge is 0.326 e. The molecule has 6 nitrogen and oxygen atoms in total. The molecule has 1 fully saturated rings. The van der Waals surface area contributed by atoms with E-state index >= 15 is 0 Å². The number of hydrogen-bond acceptors (Lipinski definition) is 3. The summed E-state index contributed by atoms with van der Waals surface area (Å²) in [7, 11) is 1.51. The summed E-state index contributed by atoms with van der Waals surface area (Å²) in [6.07, 6.45) is 3.40. The molecule has 2 N–H and O–H groups in total. The summed E-state index contributed by atoms with van der Waals surface area (Å²) in [6.45, 7) is 1.74. The lowest BCUT2D eigenvalue weighted by molar-refractivity contribution is -0.139. The lowest BCUT2D eigenvalue weighted by Crippen LogP contribution is -2.49. The summed E-state index contributed by atoms with van der Waals surface area (Å²) in [4.78, 5) is 24.4. The summed E-state index contributed by atoms with van der Waals surface area (Å²) >= 11 is 0. The second-order valence-corrected chi connectivity index (χ2v) is 4.17. The first kappa shape index (κ1) is 13.8. The van der Waals surface area contributed by atoms with Crippen LogP contribution < -0.4 is 5.32 Å². The molecule has 1 saturated heterocycles. The number of piperidine rings is 1. The summed E-state index contributed by atoms with van der Waals surface area (Å²) < 4.78 is 4.82.